The molecule has 0 saturated heterocycles. The number of hydrogen-bond donors (Lipinski definition) is 0. The molecular formula is C11H16OS. The largest absolute Gasteiger partial charge is 0.494 e. The van der Waals surface area contributed by atoms with Gasteiger partial charge in [-0.3, -0.25) is 0 Å². The summed E-state index contributed by atoms with van der Waals surface area (Å²) in [6.45, 7) is 5.03. The van der Waals surface area contributed by atoms with Crippen molar-refractivity contribution in [3.05, 3.63) is 23.8 Å². The van der Waals surface area contributed by atoms with Crippen molar-refractivity contribution in [2.24, 2.45) is 0 Å². The highest BCUT2D eigenvalue weighted by molar-refractivity contribution is 7.98. The molecule has 2 heteroatoms. The average Bonchev–Trinajstić information content (AvgIpc) is 2.15. The van der Waals surface area contributed by atoms with Gasteiger partial charge < -0.3 is 4.74 Å². The summed E-state index contributed by atoms with van der Waals surface area (Å²) >= 11 is 1.77. The van der Waals surface area contributed by atoms with Crippen molar-refractivity contribution in [2.45, 2.75) is 25.2 Å². The summed E-state index contributed by atoms with van der Waals surface area (Å²) in [5.74, 6) is 0.983. The summed E-state index contributed by atoms with van der Waals surface area (Å²) in [6, 6.07) is 6.25. The second-order valence-corrected chi connectivity index (χ2v) is 3.83. The van der Waals surface area contributed by atoms with Gasteiger partial charge in [-0.1, -0.05) is 6.92 Å². The molecule has 0 spiro atoms. The third-order valence-electron chi connectivity index (χ3n) is 1.84. The summed E-state index contributed by atoms with van der Waals surface area (Å²) in [4.78, 5) is 1.32. The maximum absolute atomic E-state index is 5.53. The van der Waals surface area contributed by atoms with Gasteiger partial charge in [-0.2, -0.15) is 0 Å². The fourth-order valence-electron chi connectivity index (χ4n) is 1.16. The lowest BCUT2D eigenvalue weighted by atomic mass is 10.2. The van der Waals surface area contributed by atoms with Crippen LogP contribution in [0, 0.1) is 6.92 Å². The van der Waals surface area contributed by atoms with Gasteiger partial charge in [0.15, 0.2) is 0 Å². The van der Waals surface area contributed by atoms with Crippen LogP contribution in [-0.2, 0) is 0 Å². The minimum absolute atomic E-state index is 0.804. The van der Waals surface area contributed by atoms with Crippen LogP contribution < -0.4 is 4.74 Å². The first-order chi connectivity index (χ1) is 6.27. The Kier molecular flexibility index (Phi) is 4.16. The zero-order chi connectivity index (χ0) is 9.68. The van der Waals surface area contributed by atoms with E-state index >= 15 is 0 Å². The third kappa shape index (κ3) is 2.96. The van der Waals surface area contributed by atoms with Crippen LogP contribution in [0.4, 0.5) is 0 Å². The molecule has 0 bridgehead atoms. The molecule has 0 N–H and O–H groups in total. The molecule has 0 radical (unpaired) electrons. The lowest BCUT2D eigenvalue weighted by molar-refractivity contribution is 0.317. The molecule has 0 atom stereocenters. The Balaban J connectivity index is 2.71. The predicted molar refractivity (Wildman–Crippen MR) is 58.7 cm³/mol. The van der Waals surface area contributed by atoms with Gasteiger partial charge in [0.1, 0.15) is 5.75 Å². The number of hydrogen-bond acceptors (Lipinski definition) is 2. The fraction of sp³-hybridized carbons (Fsp3) is 0.455. The third-order valence-corrected chi connectivity index (χ3v) is 2.74. The number of thioether (sulfide) groups is 1. The molecule has 72 valence electrons. The summed E-state index contributed by atoms with van der Waals surface area (Å²) in [5, 5.41) is 0. The molecule has 0 amide bonds. The van der Waals surface area contributed by atoms with Crippen LogP contribution in [0.3, 0.4) is 0 Å². The lowest BCUT2D eigenvalue weighted by Crippen LogP contribution is -1.95. The Labute approximate surface area is 84.5 Å². The van der Waals surface area contributed by atoms with Gasteiger partial charge >= 0.3 is 0 Å². The number of benzene rings is 1. The Hall–Kier alpha value is -0.630. The van der Waals surface area contributed by atoms with Crippen molar-refractivity contribution in [3.8, 4) is 5.75 Å². The van der Waals surface area contributed by atoms with Crippen LogP contribution in [-0.4, -0.2) is 12.9 Å². The van der Waals surface area contributed by atoms with E-state index in [1.807, 2.05) is 6.07 Å². The Morgan fingerprint density at radius 2 is 2.15 bits per heavy atom. The van der Waals surface area contributed by atoms with Gasteiger partial charge in [-0.25, -0.2) is 0 Å². The first kappa shape index (κ1) is 10.5. The molecule has 0 aliphatic heterocycles. The molecule has 0 fully saturated rings. The predicted octanol–water partition coefficient (Wildman–Crippen LogP) is 3.51. The van der Waals surface area contributed by atoms with Gasteiger partial charge in [0.2, 0.25) is 0 Å². The summed E-state index contributed by atoms with van der Waals surface area (Å²) in [5.41, 5.74) is 1.29. The Morgan fingerprint density at radius 3 is 2.69 bits per heavy atom. The molecular weight excluding hydrogens is 180 g/mol. The molecule has 0 aliphatic rings. The quantitative estimate of drug-likeness (QED) is 0.682. The van der Waals surface area contributed by atoms with Crippen LogP contribution >= 0.6 is 11.8 Å². The zero-order valence-electron chi connectivity index (χ0n) is 8.46. The molecule has 0 aliphatic carbocycles. The van der Waals surface area contributed by atoms with Crippen molar-refractivity contribution in [3.63, 3.8) is 0 Å². The molecule has 0 aromatic heterocycles. The lowest BCUT2D eigenvalue weighted by Gasteiger charge is -2.07. The van der Waals surface area contributed by atoms with E-state index in [1.54, 1.807) is 11.8 Å². The van der Waals surface area contributed by atoms with Crippen molar-refractivity contribution in [1.29, 1.82) is 0 Å². The molecule has 0 unspecified atom stereocenters. The van der Waals surface area contributed by atoms with E-state index in [2.05, 4.69) is 32.2 Å². The topological polar surface area (TPSA) is 9.23 Å². The fourth-order valence-corrected chi connectivity index (χ4v) is 1.75. The van der Waals surface area contributed by atoms with Gasteiger partial charge in [0, 0.05) is 4.90 Å². The number of ether oxygens (including phenoxy) is 1. The van der Waals surface area contributed by atoms with E-state index in [0.29, 0.717) is 0 Å². The summed E-state index contributed by atoms with van der Waals surface area (Å²) < 4.78 is 5.53. The average molecular weight is 196 g/mol. The first-order valence-corrected chi connectivity index (χ1v) is 5.78. The van der Waals surface area contributed by atoms with Crippen molar-refractivity contribution < 1.29 is 4.74 Å². The van der Waals surface area contributed by atoms with E-state index in [1.165, 1.54) is 10.5 Å². The molecule has 1 rings (SSSR count). The Morgan fingerprint density at radius 1 is 1.38 bits per heavy atom. The van der Waals surface area contributed by atoms with Crippen molar-refractivity contribution in [1.82, 2.24) is 0 Å². The first-order valence-electron chi connectivity index (χ1n) is 4.55. The van der Waals surface area contributed by atoms with Crippen molar-refractivity contribution in [2.75, 3.05) is 12.9 Å². The highest BCUT2D eigenvalue weighted by atomic mass is 32.2. The standard InChI is InChI=1S/C11H16OS/c1-4-7-12-10-5-6-11(13-3)9(2)8-10/h5-6,8H,4,7H2,1-3H3. The molecule has 1 aromatic carbocycles. The zero-order valence-corrected chi connectivity index (χ0v) is 9.28. The van der Waals surface area contributed by atoms with E-state index in [4.69, 9.17) is 4.74 Å². The Bertz CT molecular complexity index is 271. The molecule has 1 aromatic rings. The molecule has 0 saturated carbocycles. The number of aryl methyl sites for hydroxylation is 1. The monoisotopic (exact) mass is 196 g/mol. The van der Waals surface area contributed by atoms with Crippen molar-refractivity contribution >= 4 is 11.8 Å². The molecule has 13 heavy (non-hydrogen) atoms. The van der Waals surface area contributed by atoms with Crippen LogP contribution in [0.25, 0.3) is 0 Å². The normalized spacial score (nSPS) is 10.1. The minimum atomic E-state index is 0.804. The van der Waals surface area contributed by atoms with Crippen LogP contribution in [0.1, 0.15) is 18.9 Å². The number of rotatable bonds is 4. The summed E-state index contributed by atoms with van der Waals surface area (Å²) in [6.07, 6.45) is 3.15. The van der Waals surface area contributed by atoms with Gasteiger partial charge in [0.05, 0.1) is 6.61 Å². The molecule has 1 nitrogen and oxygen atoms in total. The van der Waals surface area contributed by atoms with Gasteiger partial charge in [-0.05, 0) is 43.4 Å². The second-order valence-electron chi connectivity index (χ2n) is 2.98. The summed E-state index contributed by atoms with van der Waals surface area (Å²) in [7, 11) is 0. The van der Waals surface area contributed by atoms with Crippen LogP contribution in [0.15, 0.2) is 23.1 Å². The molecule has 0 heterocycles. The maximum atomic E-state index is 5.53. The second kappa shape index (κ2) is 5.18. The van der Waals surface area contributed by atoms with E-state index in [-0.39, 0.29) is 0 Å². The van der Waals surface area contributed by atoms with E-state index < -0.39 is 0 Å². The van der Waals surface area contributed by atoms with Gasteiger partial charge in [-0.15, -0.1) is 11.8 Å². The van der Waals surface area contributed by atoms with E-state index in [9.17, 15) is 0 Å². The smallest absolute Gasteiger partial charge is 0.119 e. The van der Waals surface area contributed by atoms with Crippen LogP contribution in [0.2, 0.25) is 0 Å². The van der Waals surface area contributed by atoms with Gasteiger partial charge in [0.25, 0.3) is 0 Å². The highest BCUT2D eigenvalue weighted by Crippen LogP contribution is 2.24. The maximum Gasteiger partial charge on any atom is 0.119 e. The SMILES string of the molecule is CCCOc1ccc(SC)c(C)c1. The van der Waals surface area contributed by atoms with Crippen LogP contribution in [0.5, 0.6) is 5.75 Å². The highest BCUT2D eigenvalue weighted by Gasteiger charge is 1.98. The van der Waals surface area contributed by atoms with E-state index in [0.717, 1.165) is 18.8 Å². The minimum Gasteiger partial charge on any atom is -0.494 e.